The summed E-state index contributed by atoms with van der Waals surface area (Å²) in [5, 5.41) is 6.01. The molecule has 9 heteroatoms. The highest BCUT2D eigenvalue weighted by Crippen LogP contribution is 2.44. The SMILES string of the molecule is CC1(c2ccccc2)NC(Cc2ccc(F)cc2F)(OC(=O)C(F)(F)F)NC1c1ccccc1. The number of hydrogen-bond donors (Lipinski definition) is 2. The Balaban J connectivity index is 1.84. The molecule has 0 spiro atoms. The van der Waals surface area contributed by atoms with Crippen LogP contribution >= 0.6 is 0 Å². The van der Waals surface area contributed by atoms with Gasteiger partial charge in [0.15, 0.2) is 0 Å². The second-order valence-corrected chi connectivity index (χ2v) is 8.31. The van der Waals surface area contributed by atoms with E-state index in [1.165, 1.54) is 0 Å². The molecule has 3 aromatic rings. The largest absolute Gasteiger partial charge is 0.491 e. The molecule has 178 valence electrons. The molecule has 1 aliphatic rings. The second-order valence-electron chi connectivity index (χ2n) is 8.31. The van der Waals surface area contributed by atoms with Crippen LogP contribution in [0.2, 0.25) is 0 Å². The number of carbonyl (C=O) groups is 1. The van der Waals surface area contributed by atoms with E-state index in [1.54, 1.807) is 67.6 Å². The normalized spacial score (nSPS) is 24.7. The summed E-state index contributed by atoms with van der Waals surface area (Å²) in [4.78, 5) is 12.0. The molecule has 0 aromatic heterocycles. The van der Waals surface area contributed by atoms with Gasteiger partial charge in [0.1, 0.15) is 11.6 Å². The molecular formula is C25H21F5N2O2. The molecule has 1 saturated heterocycles. The van der Waals surface area contributed by atoms with Crippen molar-refractivity contribution in [1.82, 2.24) is 10.6 Å². The minimum atomic E-state index is -5.29. The van der Waals surface area contributed by atoms with Gasteiger partial charge in [-0.25, -0.2) is 13.6 Å². The van der Waals surface area contributed by atoms with Crippen molar-refractivity contribution in [2.75, 3.05) is 0 Å². The Hall–Kier alpha value is -3.30. The first-order valence-electron chi connectivity index (χ1n) is 10.4. The Morgan fingerprint density at radius 1 is 0.971 bits per heavy atom. The highest BCUT2D eigenvalue weighted by molar-refractivity contribution is 5.76. The maximum atomic E-state index is 14.5. The fraction of sp³-hybridized carbons (Fsp3) is 0.240. The molecule has 0 bridgehead atoms. The number of nitrogens with one attached hydrogen (secondary N) is 2. The summed E-state index contributed by atoms with van der Waals surface area (Å²) in [6.45, 7) is 1.75. The summed E-state index contributed by atoms with van der Waals surface area (Å²) in [7, 11) is 0. The van der Waals surface area contributed by atoms with Crippen LogP contribution in [0.3, 0.4) is 0 Å². The maximum absolute atomic E-state index is 14.5. The van der Waals surface area contributed by atoms with Gasteiger partial charge in [-0.05, 0) is 29.7 Å². The van der Waals surface area contributed by atoms with Crippen LogP contribution in [0, 0.1) is 11.6 Å². The smallest absolute Gasteiger partial charge is 0.423 e. The van der Waals surface area contributed by atoms with E-state index in [-0.39, 0.29) is 5.56 Å². The molecule has 1 fully saturated rings. The Morgan fingerprint density at radius 2 is 1.59 bits per heavy atom. The van der Waals surface area contributed by atoms with Gasteiger partial charge in [-0.3, -0.25) is 10.6 Å². The van der Waals surface area contributed by atoms with Crippen LogP contribution in [0.15, 0.2) is 78.9 Å². The summed E-state index contributed by atoms with van der Waals surface area (Å²) < 4.78 is 72.6. The fourth-order valence-corrected chi connectivity index (χ4v) is 4.33. The van der Waals surface area contributed by atoms with Gasteiger partial charge in [0, 0.05) is 12.5 Å². The number of benzene rings is 3. The standard InChI is InChI=1S/C25H21F5N2O2/c1-23(18-10-6-3-7-11-18)21(16-8-4-2-5-9-16)31-24(32-23,34-22(33)25(28,29)30)15-17-12-13-19(26)14-20(17)27/h2-14,21,31-32H,15H2,1H3. The van der Waals surface area contributed by atoms with Crippen molar-refractivity contribution in [3.8, 4) is 0 Å². The average molecular weight is 476 g/mol. The molecule has 4 rings (SSSR count). The summed E-state index contributed by atoms with van der Waals surface area (Å²) in [5.74, 6) is -6.42. The summed E-state index contributed by atoms with van der Waals surface area (Å²) in [5.41, 5.74) is 0.178. The molecule has 1 aliphatic heterocycles. The Morgan fingerprint density at radius 3 is 2.18 bits per heavy atom. The van der Waals surface area contributed by atoms with Crippen molar-refractivity contribution >= 4 is 5.97 Å². The van der Waals surface area contributed by atoms with Crippen LogP contribution in [0.5, 0.6) is 0 Å². The minimum Gasteiger partial charge on any atom is -0.423 e. The van der Waals surface area contributed by atoms with Crippen LogP contribution < -0.4 is 10.6 Å². The van der Waals surface area contributed by atoms with Gasteiger partial charge in [0.2, 0.25) is 5.85 Å². The third-order valence-electron chi connectivity index (χ3n) is 5.88. The van der Waals surface area contributed by atoms with E-state index in [0.717, 1.165) is 12.1 Å². The number of ether oxygens (including phenoxy) is 1. The van der Waals surface area contributed by atoms with Crippen molar-refractivity contribution in [2.45, 2.75) is 37.0 Å². The van der Waals surface area contributed by atoms with Gasteiger partial charge in [-0.1, -0.05) is 66.7 Å². The molecular weight excluding hydrogens is 455 g/mol. The van der Waals surface area contributed by atoms with Gasteiger partial charge in [-0.15, -0.1) is 0 Å². The molecule has 34 heavy (non-hydrogen) atoms. The maximum Gasteiger partial charge on any atom is 0.491 e. The Kier molecular flexibility index (Phi) is 6.18. The Bertz CT molecular complexity index is 1170. The van der Waals surface area contributed by atoms with E-state index < -0.39 is 47.6 Å². The first-order valence-corrected chi connectivity index (χ1v) is 10.4. The van der Waals surface area contributed by atoms with E-state index >= 15 is 0 Å². The topological polar surface area (TPSA) is 50.4 Å². The highest BCUT2D eigenvalue weighted by Gasteiger charge is 2.57. The van der Waals surface area contributed by atoms with Gasteiger partial charge in [0.05, 0.1) is 11.6 Å². The van der Waals surface area contributed by atoms with Crippen LogP contribution in [-0.2, 0) is 21.5 Å². The lowest BCUT2D eigenvalue weighted by Gasteiger charge is -2.34. The van der Waals surface area contributed by atoms with Gasteiger partial charge in [0.25, 0.3) is 0 Å². The molecule has 2 N–H and O–H groups in total. The van der Waals surface area contributed by atoms with E-state index in [4.69, 9.17) is 4.74 Å². The summed E-state index contributed by atoms with van der Waals surface area (Å²) in [6, 6.07) is 19.8. The van der Waals surface area contributed by atoms with E-state index in [9.17, 15) is 26.7 Å². The zero-order valence-corrected chi connectivity index (χ0v) is 18.0. The van der Waals surface area contributed by atoms with Gasteiger partial charge >= 0.3 is 12.1 Å². The second kappa shape index (κ2) is 8.81. The number of hydrogen-bond acceptors (Lipinski definition) is 4. The van der Waals surface area contributed by atoms with Crippen LogP contribution in [0.4, 0.5) is 22.0 Å². The van der Waals surface area contributed by atoms with Gasteiger partial charge in [-0.2, -0.15) is 13.2 Å². The third kappa shape index (κ3) is 4.67. The molecule has 3 aromatic carbocycles. The molecule has 1 heterocycles. The van der Waals surface area contributed by atoms with Crippen LogP contribution in [0.1, 0.15) is 29.7 Å². The Labute approximate surface area is 192 Å². The van der Waals surface area contributed by atoms with Crippen molar-refractivity contribution in [1.29, 1.82) is 0 Å². The molecule has 3 unspecified atom stereocenters. The number of carbonyl (C=O) groups excluding carboxylic acids is 1. The van der Waals surface area contributed by atoms with Crippen molar-refractivity contribution in [3.05, 3.63) is 107 Å². The highest BCUT2D eigenvalue weighted by atomic mass is 19.4. The molecule has 4 nitrogen and oxygen atoms in total. The first kappa shape index (κ1) is 23.8. The molecule has 0 amide bonds. The molecule has 0 aliphatic carbocycles. The third-order valence-corrected chi connectivity index (χ3v) is 5.88. The molecule has 0 radical (unpaired) electrons. The van der Waals surface area contributed by atoms with Crippen molar-refractivity contribution in [3.63, 3.8) is 0 Å². The lowest BCUT2D eigenvalue weighted by Crippen LogP contribution is -2.58. The van der Waals surface area contributed by atoms with E-state index in [0.29, 0.717) is 17.2 Å². The first-order chi connectivity index (χ1) is 16.0. The monoisotopic (exact) mass is 476 g/mol. The van der Waals surface area contributed by atoms with Crippen LogP contribution in [-0.4, -0.2) is 18.0 Å². The molecule has 0 saturated carbocycles. The average Bonchev–Trinajstić information content (AvgIpc) is 3.09. The summed E-state index contributed by atoms with van der Waals surface area (Å²) >= 11 is 0. The lowest BCUT2D eigenvalue weighted by atomic mass is 9.82. The zero-order valence-electron chi connectivity index (χ0n) is 18.0. The fourth-order valence-electron chi connectivity index (χ4n) is 4.33. The number of alkyl halides is 3. The van der Waals surface area contributed by atoms with E-state index in [2.05, 4.69) is 10.6 Å². The lowest BCUT2D eigenvalue weighted by molar-refractivity contribution is -0.219. The van der Waals surface area contributed by atoms with Crippen LogP contribution in [0.25, 0.3) is 0 Å². The van der Waals surface area contributed by atoms with Gasteiger partial charge < -0.3 is 4.74 Å². The number of esters is 1. The molecule has 3 atom stereocenters. The number of rotatable bonds is 5. The van der Waals surface area contributed by atoms with Crippen molar-refractivity contribution in [2.24, 2.45) is 0 Å². The number of halogens is 5. The minimum absolute atomic E-state index is 0.138. The van der Waals surface area contributed by atoms with E-state index in [1.807, 2.05) is 0 Å². The quantitative estimate of drug-likeness (QED) is 0.397. The predicted molar refractivity (Wildman–Crippen MR) is 114 cm³/mol. The van der Waals surface area contributed by atoms with Crippen molar-refractivity contribution < 1.29 is 31.5 Å². The summed E-state index contributed by atoms with van der Waals surface area (Å²) in [6.07, 6.45) is -5.82. The predicted octanol–water partition coefficient (Wildman–Crippen LogP) is 5.12. The zero-order chi connectivity index (χ0) is 24.6.